The van der Waals surface area contributed by atoms with E-state index in [4.69, 9.17) is 11.6 Å². The fourth-order valence-electron chi connectivity index (χ4n) is 1.70. The number of hydrogen-bond acceptors (Lipinski definition) is 4. The quantitative estimate of drug-likeness (QED) is 0.855. The van der Waals surface area contributed by atoms with Crippen molar-refractivity contribution < 1.29 is 19.4 Å². The number of methoxy groups -OCH3 is 1. The third kappa shape index (κ3) is 3.32. The van der Waals surface area contributed by atoms with Gasteiger partial charge in [-0.25, -0.2) is 4.79 Å². The lowest BCUT2D eigenvalue weighted by Gasteiger charge is -2.11. The maximum absolute atomic E-state index is 12.1. The van der Waals surface area contributed by atoms with Crippen molar-refractivity contribution in [2.45, 2.75) is 0 Å². The van der Waals surface area contributed by atoms with Gasteiger partial charge in [-0.15, -0.1) is 0 Å². The first-order chi connectivity index (χ1) is 10.0. The number of carbonyl (C=O) groups is 2. The molecule has 5 nitrogen and oxygen atoms in total. The zero-order valence-corrected chi connectivity index (χ0v) is 11.8. The van der Waals surface area contributed by atoms with Crippen LogP contribution in [0, 0.1) is 6.07 Å². The number of nitrogens with one attached hydrogen (secondary N) is 1. The highest BCUT2D eigenvalue weighted by Gasteiger charge is 2.17. The van der Waals surface area contributed by atoms with E-state index in [2.05, 4.69) is 16.1 Å². The summed E-state index contributed by atoms with van der Waals surface area (Å²) in [5, 5.41) is 12.5. The maximum Gasteiger partial charge on any atom is 0.339 e. The van der Waals surface area contributed by atoms with Gasteiger partial charge in [-0.05, 0) is 36.4 Å². The molecule has 0 saturated heterocycles. The molecule has 2 rings (SSSR count). The first-order valence-corrected chi connectivity index (χ1v) is 6.29. The molecular weight excluding hydrogens is 294 g/mol. The zero-order valence-electron chi connectivity index (χ0n) is 11.0. The Labute approximate surface area is 126 Å². The van der Waals surface area contributed by atoms with Gasteiger partial charge in [0, 0.05) is 5.02 Å². The van der Waals surface area contributed by atoms with Crippen molar-refractivity contribution in [2.75, 3.05) is 12.4 Å². The van der Waals surface area contributed by atoms with Crippen LogP contribution in [0.3, 0.4) is 0 Å². The minimum atomic E-state index is -0.606. The molecule has 0 atom stereocenters. The highest BCUT2D eigenvalue weighted by atomic mass is 35.5. The largest absolute Gasteiger partial charge is 0.507 e. The number of halogens is 1. The van der Waals surface area contributed by atoms with E-state index < -0.39 is 11.9 Å². The molecule has 0 bridgehead atoms. The van der Waals surface area contributed by atoms with E-state index in [0.717, 1.165) is 0 Å². The molecule has 0 heterocycles. The number of phenols is 1. The number of aromatic hydroxyl groups is 1. The van der Waals surface area contributed by atoms with Crippen LogP contribution in [0.2, 0.25) is 5.02 Å². The van der Waals surface area contributed by atoms with Crippen LogP contribution in [0.4, 0.5) is 5.69 Å². The first-order valence-electron chi connectivity index (χ1n) is 5.91. The number of hydrogen-bond donors (Lipinski definition) is 2. The van der Waals surface area contributed by atoms with E-state index in [1.165, 1.54) is 43.5 Å². The summed E-state index contributed by atoms with van der Waals surface area (Å²) < 4.78 is 4.64. The van der Waals surface area contributed by atoms with Crippen LogP contribution in [0.15, 0.2) is 36.4 Å². The number of anilines is 1. The van der Waals surface area contributed by atoms with Gasteiger partial charge in [0.25, 0.3) is 5.91 Å². The molecule has 0 aromatic heterocycles. The van der Waals surface area contributed by atoms with Crippen LogP contribution in [-0.4, -0.2) is 24.1 Å². The molecule has 0 fully saturated rings. The smallest absolute Gasteiger partial charge is 0.339 e. The Morgan fingerprint density at radius 3 is 2.71 bits per heavy atom. The molecule has 107 valence electrons. The van der Waals surface area contributed by atoms with Crippen molar-refractivity contribution in [3.8, 4) is 5.75 Å². The molecular formula is C15H11ClNO4. The van der Waals surface area contributed by atoms with E-state index in [9.17, 15) is 14.7 Å². The monoisotopic (exact) mass is 304 g/mol. The lowest BCUT2D eigenvalue weighted by Crippen LogP contribution is -2.15. The topological polar surface area (TPSA) is 75.6 Å². The number of esters is 1. The normalized spacial score (nSPS) is 10.0. The number of carbonyl (C=O) groups excluding carboxylic acids is 2. The second-order valence-electron chi connectivity index (χ2n) is 4.08. The van der Waals surface area contributed by atoms with Gasteiger partial charge in [-0.3, -0.25) is 4.79 Å². The van der Waals surface area contributed by atoms with E-state index in [1.54, 1.807) is 0 Å². The van der Waals surface area contributed by atoms with Crippen LogP contribution in [-0.2, 0) is 4.74 Å². The summed E-state index contributed by atoms with van der Waals surface area (Å²) in [7, 11) is 1.24. The van der Waals surface area contributed by atoms with Crippen LogP contribution in [0.25, 0.3) is 0 Å². The number of amides is 1. The molecule has 2 aromatic carbocycles. The molecule has 0 aliphatic rings. The Hall–Kier alpha value is -2.53. The van der Waals surface area contributed by atoms with Gasteiger partial charge in [0.2, 0.25) is 0 Å². The molecule has 1 amide bonds. The van der Waals surface area contributed by atoms with Gasteiger partial charge >= 0.3 is 5.97 Å². The molecule has 0 spiro atoms. The van der Waals surface area contributed by atoms with Gasteiger partial charge in [0.15, 0.2) is 0 Å². The molecule has 0 unspecified atom stereocenters. The van der Waals surface area contributed by atoms with Crippen LogP contribution in [0.5, 0.6) is 5.75 Å². The number of benzene rings is 2. The molecule has 6 heteroatoms. The predicted octanol–water partition coefficient (Wildman–Crippen LogP) is 2.88. The molecule has 1 radical (unpaired) electrons. The van der Waals surface area contributed by atoms with Crippen molar-refractivity contribution in [2.24, 2.45) is 0 Å². The molecule has 2 N–H and O–H groups in total. The summed E-state index contributed by atoms with van der Waals surface area (Å²) in [6.45, 7) is 0. The van der Waals surface area contributed by atoms with Crippen LogP contribution < -0.4 is 5.32 Å². The number of ether oxygens (including phenoxy) is 1. The summed E-state index contributed by atoms with van der Waals surface area (Å²) in [4.78, 5) is 23.8. The lowest BCUT2D eigenvalue weighted by molar-refractivity contribution is 0.0602. The average Bonchev–Trinajstić information content (AvgIpc) is 2.47. The molecule has 0 saturated carbocycles. The summed E-state index contributed by atoms with van der Waals surface area (Å²) in [5.74, 6) is -1.38. The van der Waals surface area contributed by atoms with Crippen molar-refractivity contribution in [1.82, 2.24) is 0 Å². The Balaban J connectivity index is 2.35. The second-order valence-corrected chi connectivity index (χ2v) is 4.52. The fraction of sp³-hybridized carbons (Fsp3) is 0.0667. The van der Waals surface area contributed by atoms with Gasteiger partial charge in [0.1, 0.15) is 5.75 Å². The average molecular weight is 305 g/mol. The van der Waals surface area contributed by atoms with Crippen LogP contribution >= 0.6 is 11.6 Å². The van der Waals surface area contributed by atoms with Gasteiger partial charge in [-0.2, -0.15) is 0 Å². The molecule has 0 aliphatic heterocycles. The van der Waals surface area contributed by atoms with E-state index in [1.807, 2.05) is 0 Å². The van der Waals surface area contributed by atoms with Gasteiger partial charge < -0.3 is 15.2 Å². The minimum Gasteiger partial charge on any atom is -0.507 e. The second kappa shape index (κ2) is 6.28. The van der Waals surface area contributed by atoms with Gasteiger partial charge in [0.05, 0.1) is 23.9 Å². The highest BCUT2D eigenvalue weighted by molar-refractivity contribution is 6.31. The fourth-order valence-corrected chi connectivity index (χ4v) is 1.87. The third-order valence-corrected chi connectivity index (χ3v) is 2.96. The molecule has 21 heavy (non-hydrogen) atoms. The Kier molecular flexibility index (Phi) is 4.45. The SMILES string of the molecule is COC(=O)c1ccc(Cl)cc1NC(=O)c1c[c]ccc1O. The van der Waals surface area contributed by atoms with Gasteiger partial charge in [-0.1, -0.05) is 17.7 Å². The predicted molar refractivity (Wildman–Crippen MR) is 77.7 cm³/mol. The van der Waals surface area contributed by atoms with Crippen molar-refractivity contribution >= 4 is 29.2 Å². The standard InChI is InChI=1S/C15H11ClNO4/c1-21-15(20)10-7-6-9(16)8-12(10)17-14(19)11-4-2-3-5-13(11)18/h3-8,18H,1H3,(H,17,19). The van der Waals surface area contributed by atoms with Crippen molar-refractivity contribution in [3.63, 3.8) is 0 Å². The van der Waals surface area contributed by atoms with Crippen molar-refractivity contribution in [1.29, 1.82) is 0 Å². The zero-order chi connectivity index (χ0) is 15.4. The van der Waals surface area contributed by atoms with E-state index in [-0.39, 0.29) is 22.6 Å². The Morgan fingerprint density at radius 2 is 2.05 bits per heavy atom. The maximum atomic E-state index is 12.1. The Morgan fingerprint density at radius 1 is 1.29 bits per heavy atom. The number of rotatable bonds is 3. The summed E-state index contributed by atoms with van der Waals surface area (Å²) >= 11 is 5.87. The highest BCUT2D eigenvalue weighted by Crippen LogP contribution is 2.24. The van der Waals surface area contributed by atoms with E-state index >= 15 is 0 Å². The Bertz CT molecular complexity index is 700. The number of phenolic OH excluding ortho intramolecular Hbond substituents is 1. The summed E-state index contributed by atoms with van der Waals surface area (Å²) in [6.07, 6.45) is 0. The van der Waals surface area contributed by atoms with Crippen LogP contribution in [0.1, 0.15) is 20.7 Å². The third-order valence-electron chi connectivity index (χ3n) is 2.72. The van der Waals surface area contributed by atoms with Crippen molar-refractivity contribution in [3.05, 3.63) is 58.6 Å². The summed E-state index contributed by atoms with van der Waals surface area (Å²) in [5.41, 5.74) is 0.394. The molecule has 0 aliphatic carbocycles. The first kappa shape index (κ1) is 14.9. The summed E-state index contributed by atoms with van der Waals surface area (Å²) in [6, 6.07) is 11.2. The van der Waals surface area contributed by atoms with E-state index in [0.29, 0.717) is 5.02 Å². The molecule has 2 aromatic rings. The lowest BCUT2D eigenvalue weighted by atomic mass is 10.1. The minimum absolute atomic E-state index is 0.0355.